The van der Waals surface area contributed by atoms with Crippen molar-refractivity contribution in [3.63, 3.8) is 0 Å². The lowest BCUT2D eigenvalue weighted by Gasteiger charge is -2.25. The summed E-state index contributed by atoms with van der Waals surface area (Å²) in [4.78, 5) is 10.6. The molecule has 3 rings (SSSR count). The van der Waals surface area contributed by atoms with Gasteiger partial charge >= 0.3 is 0 Å². The Kier molecular flexibility index (Phi) is 7.05. The van der Waals surface area contributed by atoms with Crippen molar-refractivity contribution >= 4 is 18.4 Å². The topological polar surface area (TPSA) is 55.6 Å². The molecule has 0 aliphatic carbocycles. The van der Waals surface area contributed by atoms with Gasteiger partial charge in [-0.2, -0.15) is 5.10 Å². The molecule has 0 aromatic heterocycles. The monoisotopic (exact) mass is 422 g/mol. The fraction of sp³-hybridized carbons (Fsp3) is 0.375. The van der Waals surface area contributed by atoms with E-state index in [1.165, 1.54) is 5.56 Å². The summed E-state index contributed by atoms with van der Waals surface area (Å²) in [5, 5.41) is 9.85. The molecule has 1 aromatic rings. The highest BCUT2D eigenvalue weighted by Crippen LogP contribution is 2.24. The van der Waals surface area contributed by atoms with E-state index in [-0.39, 0.29) is 5.92 Å². The highest BCUT2D eigenvalue weighted by Gasteiger charge is 2.24. The minimum atomic E-state index is -0.832. The van der Waals surface area contributed by atoms with E-state index < -0.39 is 6.17 Å². The van der Waals surface area contributed by atoms with Crippen LogP contribution < -0.4 is 5.32 Å². The predicted molar refractivity (Wildman–Crippen MR) is 127 cm³/mol. The summed E-state index contributed by atoms with van der Waals surface area (Å²) in [7, 11) is 0. The van der Waals surface area contributed by atoms with Crippen molar-refractivity contribution in [3.8, 4) is 0 Å². The average Bonchev–Trinajstić information content (AvgIpc) is 3.06. The zero-order valence-electron chi connectivity index (χ0n) is 18.8. The van der Waals surface area contributed by atoms with Crippen molar-refractivity contribution < 1.29 is 4.39 Å². The van der Waals surface area contributed by atoms with Crippen LogP contribution in [-0.2, 0) is 6.42 Å². The Balaban J connectivity index is 1.62. The zero-order chi connectivity index (χ0) is 22.5. The zero-order valence-corrected chi connectivity index (χ0v) is 18.8. The SMILES string of the molecule is C=C1C(C)=C(/N=C\C)N=CN1CC1=NN(CC(C)c2ccc(CC(C)F)cc2)C(=C)N1. The smallest absolute Gasteiger partial charge is 0.158 e. The Morgan fingerprint density at radius 2 is 1.94 bits per heavy atom. The Morgan fingerprint density at radius 3 is 2.58 bits per heavy atom. The molecule has 2 heterocycles. The summed E-state index contributed by atoms with van der Waals surface area (Å²) in [5.41, 5.74) is 3.99. The summed E-state index contributed by atoms with van der Waals surface area (Å²) in [6, 6.07) is 8.14. The number of aliphatic imine (C=N–C) groups is 2. The van der Waals surface area contributed by atoms with Crippen LogP contribution in [-0.4, -0.2) is 47.6 Å². The number of amidine groups is 1. The average molecular weight is 423 g/mol. The number of alkyl halides is 1. The fourth-order valence-electron chi connectivity index (χ4n) is 3.54. The second-order valence-electron chi connectivity index (χ2n) is 7.98. The molecule has 2 atom stereocenters. The molecule has 2 aliphatic rings. The number of nitrogens with zero attached hydrogens (tertiary/aromatic N) is 5. The summed E-state index contributed by atoms with van der Waals surface area (Å²) in [6.07, 6.45) is 3.07. The third kappa shape index (κ3) is 5.48. The fourth-order valence-corrected chi connectivity index (χ4v) is 3.54. The number of halogens is 1. The number of nitrogens with one attached hydrogen (secondary N) is 1. The molecule has 0 saturated heterocycles. The van der Waals surface area contributed by atoms with Gasteiger partial charge in [-0.25, -0.2) is 19.4 Å². The second kappa shape index (κ2) is 9.73. The molecule has 31 heavy (non-hydrogen) atoms. The molecule has 2 aliphatic heterocycles. The Morgan fingerprint density at radius 1 is 1.23 bits per heavy atom. The summed E-state index contributed by atoms with van der Waals surface area (Å²) >= 11 is 0. The summed E-state index contributed by atoms with van der Waals surface area (Å²) < 4.78 is 13.2. The molecule has 2 unspecified atom stereocenters. The first kappa shape index (κ1) is 22.5. The standard InChI is InChI=1S/C24H31FN6/c1-7-26-24-18(4)19(5)30(15-27-24)14-23-28-20(6)31(29-23)13-16(2)22-10-8-21(9-11-22)12-17(3)25/h7-11,15-17H,5-6,12-14H2,1-4H3,(H,28,29)/b26-7-. The van der Waals surface area contributed by atoms with E-state index >= 15 is 0 Å². The van der Waals surface area contributed by atoms with Gasteiger partial charge in [0.1, 0.15) is 17.8 Å². The van der Waals surface area contributed by atoms with Gasteiger partial charge in [0, 0.05) is 36.4 Å². The van der Waals surface area contributed by atoms with Gasteiger partial charge in [0.05, 0.1) is 12.9 Å². The largest absolute Gasteiger partial charge is 0.326 e. The number of hydrazone groups is 1. The van der Waals surface area contributed by atoms with E-state index in [1.54, 1.807) is 19.5 Å². The maximum atomic E-state index is 13.2. The highest BCUT2D eigenvalue weighted by atomic mass is 19.1. The van der Waals surface area contributed by atoms with Crippen LogP contribution in [0.3, 0.4) is 0 Å². The normalized spacial score (nSPS) is 18.7. The number of rotatable bonds is 8. The van der Waals surface area contributed by atoms with Crippen LogP contribution in [0.4, 0.5) is 4.39 Å². The second-order valence-corrected chi connectivity index (χ2v) is 7.98. The minimum Gasteiger partial charge on any atom is -0.326 e. The number of benzene rings is 1. The third-order valence-electron chi connectivity index (χ3n) is 5.36. The lowest BCUT2D eigenvalue weighted by Crippen LogP contribution is -2.35. The van der Waals surface area contributed by atoms with E-state index in [0.29, 0.717) is 25.3 Å². The summed E-state index contributed by atoms with van der Waals surface area (Å²) in [5.74, 6) is 2.45. The Labute approximate surface area is 184 Å². The summed E-state index contributed by atoms with van der Waals surface area (Å²) in [6.45, 7) is 17.0. The van der Waals surface area contributed by atoms with Crippen molar-refractivity contribution in [1.29, 1.82) is 0 Å². The van der Waals surface area contributed by atoms with Gasteiger partial charge < -0.3 is 10.2 Å². The van der Waals surface area contributed by atoms with Gasteiger partial charge in [0.2, 0.25) is 0 Å². The lowest BCUT2D eigenvalue weighted by molar-refractivity contribution is 0.352. The molecule has 6 nitrogen and oxygen atoms in total. The quantitative estimate of drug-likeness (QED) is 0.625. The molecule has 164 valence electrons. The van der Waals surface area contributed by atoms with Crippen LogP contribution >= 0.6 is 0 Å². The van der Waals surface area contributed by atoms with E-state index in [9.17, 15) is 4.39 Å². The van der Waals surface area contributed by atoms with E-state index in [2.05, 4.69) is 47.5 Å². The number of hydrogen-bond donors (Lipinski definition) is 1. The van der Waals surface area contributed by atoms with Gasteiger partial charge in [-0.05, 0) is 31.9 Å². The Bertz CT molecular complexity index is 955. The van der Waals surface area contributed by atoms with E-state index in [4.69, 9.17) is 5.10 Å². The molecule has 0 spiro atoms. The van der Waals surface area contributed by atoms with Gasteiger partial charge in [0.15, 0.2) is 5.82 Å². The van der Waals surface area contributed by atoms with Gasteiger partial charge in [-0.3, -0.25) is 0 Å². The molecule has 0 fully saturated rings. The van der Waals surface area contributed by atoms with Gasteiger partial charge in [0.25, 0.3) is 0 Å². The maximum absolute atomic E-state index is 13.2. The van der Waals surface area contributed by atoms with Crippen LogP contribution in [0.5, 0.6) is 0 Å². The molecular formula is C24H31FN6. The number of hydrogen-bond acceptors (Lipinski definition) is 6. The minimum absolute atomic E-state index is 0.240. The first-order chi connectivity index (χ1) is 14.8. The molecule has 0 saturated carbocycles. The number of allylic oxidation sites excluding steroid dienone is 1. The van der Waals surface area contributed by atoms with Crippen molar-refractivity contribution in [2.45, 2.75) is 46.2 Å². The van der Waals surface area contributed by atoms with Crippen LogP contribution in [0.15, 0.2) is 75.4 Å². The van der Waals surface area contributed by atoms with Gasteiger partial charge in [-0.15, -0.1) is 0 Å². The molecule has 7 heteroatoms. The molecular weight excluding hydrogens is 391 g/mol. The van der Waals surface area contributed by atoms with Crippen LogP contribution in [0.25, 0.3) is 0 Å². The maximum Gasteiger partial charge on any atom is 0.158 e. The molecule has 0 radical (unpaired) electrons. The first-order valence-corrected chi connectivity index (χ1v) is 10.5. The Hall–Kier alpha value is -3.22. The first-order valence-electron chi connectivity index (χ1n) is 10.5. The molecule has 1 aromatic carbocycles. The lowest BCUT2D eigenvalue weighted by atomic mass is 9.98. The van der Waals surface area contributed by atoms with Gasteiger partial charge in [-0.1, -0.05) is 44.3 Å². The van der Waals surface area contributed by atoms with Crippen molar-refractivity contribution in [3.05, 3.63) is 71.5 Å². The van der Waals surface area contributed by atoms with Crippen LogP contribution in [0.1, 0.15) is 44.7 Å². The van der Waals surface area contributed by atoms with Crippen molar-refractivity contribution in [2.24, 2.45) is 15.1 Å². The van der Waals surface area contributed by atoms with Crippen LogP contribution in [0, 0.1) is 0 Å². The third-order valence-corrected chi connectivity index (χ3v) is 5.36. The van der Waals surface area contributed by atoms with Crippen molar-refractivity contribution in [2.75, 3.05) is 13.1 Å². The molecule has 0 amide bonds. The molecule has 0 bridgehead atoms. The predicted octanol–water partition coefficient (Wildman–Crippen LogP) is 4.56. The van der Waals surface area contributed by atoms with Crippen LogP contribution in [0.2, 0.25) is 0 Å². The van der Waals surface area contributed by atoms with Crippen molar-refractivity contribution in [1.82, 2.24) is 15.2 Å². The van der Waals surface area contributed by atoms with E-state index in [1.807, 2.05) is 35.9 Å². The van der Waals surface area contributed by atoms with E-state index in [0.717, 1.165) is 28.5 Å². The molecule has 1 N–H and O–H groups in total. The highest BCUT2D eigenvalue weighted by molar-refractivity contribution is 5.89.